The second-order valence-electron chi connectivity index (χ2n) is 6.74. The van der Waals surface area contributed by atoms with Crippen molar-refractivity contribution in [2.75, 3.05) is 20.2 Å². The zero-order chi connectivity index (χ0) is 15.2. The molecule has 0 heterocycles. The molecule has 2 rings (SSSR count). The molecule has 0 bridgehead atoms. The molecule has 1 fully saturated rings. The van der Waals surface area contributed by atoms with Crippen molar-refractivity contribution in [3.05, 3.63) is 29.8 Å². The van der Waals surface area contributed by atoms with Crippen LogP contribution in [0.1, 0.15) is 51.5 Å². The maximum Gasteiger partial charge on any atom is 0.119 e. The molecule has 1 saturated carbocycles. The Morgan fingerprint density at radius 2 is 1.90 bits per heavy atom. The lowest BCUT2D eigenvalue weighted by Crippen LogP contribution is -2.32. The van der Waals surface area contributed by atoms with Gasteiger partial charge in [-0.05, 0) is 81.1 Å². The van der Waals surface area contributed by atoms with E-state index in [1.165, 1.54) is 24.8 Å². The van der Waals surface area contributed by atoms with Gasteiger partial charge in [-0.25, -0.2) is 0 Å². The van der Waals surface area contributed by atoms with Gasteiger partial charge in [0.15, 0.2) is 0 Å². The Labute approximate surface area is 130 Å². The number of hydrogen-bond donors (Lipinski definition) is 1. The normalized spacial score (nSPS) is 26.0. The van der Waals surface area contributed by atoms with Crippen LogP contribution in [-0.4, -0.2) is 20.2 Å². The van der Waals surface area contributed by atoms with Crippen LogP contribution < -0.4 is 10.1 Å². The van der Waals surface area contributed by atoms with E-state index in [9.17, 15) is 0 Å². The van der Waals surface area contributed by atoms with Crippen LogP contribution in [0.2, 0.25) is 0 Å². The lowest BCUT2D eigenvalue weighted by atomic mass is 9.68. The highest BCUT2D eigenvalue weighted by atomic mass is 16.5. The smallest absolute Gasteiger partial charge is 0.119 e. The number of benzene rings is 1. The van der Waals surface area contributed by atoms with Crippen LogP contribution >= 0.6 is 0 Å². The summed E-state index contributed by atoms with van der Waals surface area (Å²) in [5, 5.41) is 3.39. The van der Waals surface area contributed by atoms with Crippen molar-refractivity contribution < 1.29 is 4.74 Å². The van der Waals surface area contributed by atoms with Crippen molar-refractivity contribution in [3.63, 3.8) is 0 Å². The molecular formula is C19H31NO. The molecule has 3 unspecified atom stereocenters. The van der Waals surface area contributed by atoms with Gasteiger partial charge >= 0.3 is 0 Å². The van der Waals surface area contributed by atoms with E-state index >= 15 is 0 Å². The highest BCUT2D eigenvalue weighted by Crippen LogP contribution is 2.43. The van der Waals surface area contributed by atoms with Gasteiger partial charge < -0.3 is 10.1 Å². The minimum Gasteiger partial charge on any atom is -0.494 e. The van der Waals surface area contributed by atoms with Crippen molar-refractivity contribution in [1.29, 1.82) is 0 Å². The Morgan fingerprint density at radius 3 is 2.48 bits per heavy atom. The first kappa shape index (κ1) is 16.4. The van der Waals surface area contributed by atoms with Crippen LogP contribution in [0.4, 0.5) is 0 Å². The molecule has 2 heteroatoms. The fourth-order valence-corrected chi connectivity index (χ4v) is 3.76. The Kier molecular flexibility index (Phi) is 6.10. The topological polar surface area (TPSA) is 21.3 Å². The predicted molar refractivity (Wildman–Crippen MR) is 89.9 cm³/mol. The van der Waals surface area contributed by atoms with Gasteiger partial charge in [-0.15, -0.1) is 0 Å². The van der Waals surface area contributed by atoms with Gasteiger partial charge in [-0.3, -0.25) is 0 Å². The number of hydrogen-bond acceptors (Lipinski definition) is 2. The molecule has 1 aliphatic carbocycles. The fourth-order valence-electron chi connectivity index (χ4n) is 3.76. The summed E-state index contributed by atoms with van der Waals surface area (Å²) in [6.07, 6.45) is 4.07. The Balaban J connectivity index is 2.14. The van der Waals surface area contributed by atoms with E-state index in [0.29, 0.717) is 5.92 Å². The molecule has 0 spiro atoms. The summed E-state index contributed by atoms with van der Waals surface area (Å²) in [5.41, 5.74) is 1.49. The number of ether oxygens (including phenoxy) is 1. The molecule has 1 aliphatic rings. The number of nitrogens with one attached hydrogen (secondary N) is 1. The average molecular weight is 289 g/mol. The van der Waals surface area contributed by atoms with Gasteiger partial charge in [-0.2, -0.15) is 0 Å². The maximum atomic E-state index is 5.57. The highest BCUT2D eigenvalue weighted by Gasteiger charge is 2.32. The molecule has 1 aromatic rings. The zero-order valence-corrected chi connectivity index (χ0v) is 14.1. The molecule has 0 aromatic heterocycles. The van der Waals surface area contributed by atoms with E-state index < -0.39 is 0 Å². The van der Waals surface area contributed by atoms with Crippen LogP contribution in [0.25, 0.3) is 0 Å². The summed E-state index contributed by atoms with van der Waals surface area (Å²) < 4.78 is 5.57. The quantitative estimate of drug-likeness (QED) is 0.835. The molecule has 3 atom stereocenters. The third-order valence-electron chi connectivity index (χ3n) is 5.06. The molecule has 21 heavy (non-hydrogen) atoms. The van der Waals surface area contributed by atoms with Gasteiger partial charge in [-0.1, -0.05) is 26.0 Å². The van der Waals surface area contributed by atoms with Crippen LogP contribution in [0, 0.1) is 17.8 Å². The van der Waals surface area contributed by atoms with E-state index in [4.69, 9.17) is 4.74 Å². The average Bonchev–Trinajstić information content (AvgIpc) is 2.49. The third-order valence-corrected chi connectivity index (χ3v) is 5.06. The lowest BCUT2D eigenvalue weighted by Gasteiger charge is -2.38. The second-order valence-corrected chi connectivity index (χ2v) is 6.74. The SMILES string of the molecule is CCOc1ccc(C2CC(C(C)C)CCC2CNC)cc1. The number of rotatable bonds is 6. The first-order chi connectivity index (χ1) is 10.2. The van der Waals surface area contributed by atoms with Crippen molar-refractivity contribution in [3.8, 4) is 5.75 Å². The molecule has 118 valence electrons. The van der Waals surface area contributed by atoms with Crippen LogP contribution in [0.15, 0.2) is 24.3 Å². The van der Waals surface area contributed by atoms with E-state index in [0.717, 1.165) is 36.7 Å². The standard InChI is InChI=1S/C19H31NO/c1-5-21-18-10-8-15(9-11-18)19-12-16(14(2)3)6-7-17(19)13-20-4/h8-11,14,16-17,19-20H,5-7,12-13H2,1-4H3. The molecule has 0 saturated heterocycles. The maximum absolute atomic E-state index is 5.57. The summed E-state index contributed by atoms with van der Waals surface area (Å²) in [4.78, 5) is 0. The summed E-state index contributed by atoms with van der Waals surface area (Å²) in [6, 6.07) is 8.82. The third kappa shape index (κ3) is 4.23. The van der Waals surface area contributed by atoms with Crippen LogP contribution in [0.3, 0.4) is 0 Å². The van der Waals surface area contributed by atoms with Crippen molar-refractivity contribution in [2.45, 2.75) is 46.0 Å². The van der Waals surface area contributed by atoms with E-state index in [1.54, 1.807) is 0 Å². The monoisotopic (exact) mass is 289 g/mol. The summed E-state index contributed by atoms with van der Waals surface area (Å²) >= 11 is 0. The Morgan fingerprint density at radius 1 is 1.19 bits per heavy atom. The van der Waals surface area contributed by atoms with E-state index in [2.05, 4.69) is 50.5 Å². The minimum atomic E-state index is 0.689. The molecule has 0 aliphatic heterocycles. The fraction of sp³-hybridized carbons (Fsp3) is 0.684. The van der Waals surface area contributed by atoms with Crippen molar-refractivity contribution in [2.24, 2.45) is 17.8 Å². The van der Waals surface area contributed by atoms with Crippen molar-refractivity contribution in [1.82, 2.24) is 5.32 Å². The molecule has 0 radical (unpaired) electrons. The summed E-state index contributed by atoms with van der Waals surface area (Å²) in [5.74, 6) is 4.11. The molecular weight excluding hydrogens is 258 g/mol. The Bertz CT molecular complexity index is 412. The summed E-state index contributed by atoms with van der Waals surface area (Å²) in [6.45, 7) is 8.64. The molecule has 2 nitrogen and oxygen atoms in total. The van der Waals surface area contributed by atoms with Crippen LogP contribution in [0.5, 0.6) is 5.75 Å². The van der Waals surface area contributed by atoms with Gasteiger partial charge in [0.2, 0.25) is 0 Å². The zero-order valence-electron chi connectivity index (χ0n) is 14.1. The van der Waals surface area contributed by atoms with Crippen molar-refractivity contribution >= 4 is 0 Å². The van der Waals surface area contributed by atoms with Gasteiger partial charge in [0.25, 0.3) is 0 Å². The van der Waals surface area contributed by atoms with Crippen LogP contribution in [-0.2, 0) is 0 Å². The predicted octanol–water partition coefficient (Wildman–Crippen LogP) is 4.46. The largest absolute Gasteiger partial charge is 0.494 e. The van der Waals surface area contributed by atoms with Gasteiger partial charge in [0.1, 0.15) is 5.75 Å². The lowest BCUT2D eigenvalue weighted by molar-refractivity contribution is 0.192. The first-order valence-electron chi connectivity index (χ1n) is 8.53. The molecule has 0 amide bonds. The molecule has 1 N–H and O–H groups in total. The van der Waals surface area contributed by atoms with Gasteiger partial charge in [0, 0.05) is 0 Å². The second kappa shape index (κ2) is 7.84. The highest BCUT2D eigenvalue weighted by molar-refractivity contribution is 5.30. The minimum absolute atomic E-state index is 0.689. The summed E-state index contributed by atoms with van der Waals surface area (Å²) in [7, 11) is 2.07. The van der Waals surface area contributed by atoms with E-state index in [-0.39, 0.29) is 0 Å². The van der Waals surface area contributed by atoms with E-state index in [1.807, 2.05) is 6.92 Å². The Hall–Kier alpha value is -1.02. The molecule has 1 aromatic carbocycles. The van der Waals surface area contributed by atoms with Gasteiger partial charge in [0.05, 0.1) is 6.61 Å². The first-order valence-corrected chi connectivity index (χ1v) is 8.53.